The Labute approximate surface area is 108 Å². The third kappa shape index (κ3) is 5.12. The van der Waals surface area contributed by atoms with E-state index in [-0.39, 0.29) is 18.1 Å². The number of hydrogen-bond acceptors (Lipinski definition) is 3. The lowest BCUT2D eigenvalue weighted by atomic mass is 10.1. The summed E-state index contributed by atoms with van der Waals surface area (Å²) in [7, 11) is 0. The zero-order chi connectivity index (χ0) is 13.4. The maximum Gasteiger partial charge on any atom is 0.169 e. The Morgan fingerprint density at radius 1 is 1.11 bits per heavy atom. The molecule has 0 amide bonds. The standard InChI is InChI=1S/C14H22FNO2/c1-4-17-14(18-5-2)10-16-11(3)12-6-8-13(15)9-7-12/h6-9,11,14,16H,4-5,10H2,1-3H3/t11-/m1/s1. The van der Waals surface area contributed by atoms with Crippen LogP contribution in [0.1, 0.15) is 32.4 Å². The molecule has 0 spiro atoms. The lowest BCUT2D eigenvalue weighted by Crippen LogP contribution is -2.33. The van der Waals surface area contributed by atoms with Gasteiger partial charge < -0.3 is 14.8 Å². The summed E-state index contributed by atoms with van der Waals surface area (Å²) in [5.41, 5.74) is 1.04. The highest BCUT2D eigenvalue weighted by molar-refractivity contribution is 5.19. The molecule has 0 radical (unpaired) electrons. The van der Waals surface area contributed by atoms with Gasteiger partial charge in [-0.3, -0.25) is 0 Å². The molecule has 3 nitrogen and oxygen atoms in total. The maximum absolute atomic E-state index is 12.8. The average molecular weight is 255 g/mol. The van der Waals surface area contributed by atoms with Crippen molar-refractivity contribution in [1.82, 2.24) is 5.32 Å². The first-order chi connectivity index (χ1) is 8.67. The normalized spacial score (nSPS) is 12.9. The van der Waals surface area contributed by atoms with E-state index in [2.05, 4.69) is 5.32 Å². The molecule has 1 aromatic carbocycles. The summed E-state index contributed by atoms with van der Waals surface area (Å²) in [5, 5.41) is 3.32. The Bertz CT molecular complexity index is 323. The van der Waals surface area contributed by atoms with Crippen molar-refractivity contribution in [2.75, 3.05) is 19.8 Å². The van der Waals surface area contributed by atoms with E-state index < -0.39 is 0 Å². The van der Waals surface area contributed by atoms with Gasteiger partial charge in [0, 0.05) is 25.8 Å². The number of nitrogens with one attached hydrogen (secondary N) is 1. The third-order valence-electron chi connectivity index (χ3n) is 2.67. The van der Waals surface area contributed by atoms with Crippen LogP contribution >= 0.6 is 0 Å². The van der Waals surface area contributed by atoms with E-state index in [9.17, 15) is 4.39 Å². The van der Waals surface area contributed by atoms with Gasteiger partial charge in [-0.2, -0.15) is 0 Å². The molecule has 0 saturated heterocycles. The average Bonchev–Trinajstić information content (AvgIpc) is 2.37. The first-order valence-electron chi connectivity index (χ1n) is 6.39. The third-order valence-corrected chi connectivity index (χ3v) is 2.67. The largest absolute Gasteiger partial charge is 0.352 e. The number of ether oxygens (including phenoxy) is 2. The predicted molar refractivity (Wildman–Crippen MR) is 69.9 cm³/mol. The summed E-state index contributed by atoms with van der Waals surface area (Å²) in [6.07, 6.45) is -0.233. The molecule has 0 aliphatic rings. The van der Waals surface area contributed by atoms with Crippen molar-refractivity contribution in [3.05, 3.63) is 35.6 Å². The van der Waals surface area contributed by atoms with Crippen molar-refractivity contribution in [2.24, 2.45) is 0 Å². The van der Waals surface area contributed by atoms with Crippen LogP contribution in [-0.4, -0.2) is 26.0 Å². The van der Waals surface area contributed by atoms with E-state index in [1.807, 2.05) is 20.8 Å². The van der Waals surface area contributed by atoms with E-state index in [1.165, 1.54) is 12.1 Å². The molecule has 0 bridgehead atoms. The zero-order valence-corrected chi connectivity index (χ0v) is 11.3. The van der Waals surface area contributed by atoms with Gasteiger partial charge in [-0.25, -0.2) is 4.39 Å². The minimum atomic E-state index is -0.233. The molecule has 1 atom stereocenters. The van der Waals surface area contributed by atoms with Gasteiger partial charge in [0.25, 0.3) is 0 Å². The van der Waals surface area contributed by atoms with Gasteiger partial charge in [0.05, 0.1) is 0 Å². The van der Waals surface area contributed by atoms with Crippen molar-refractivity contribution >= 4 is 0 Å². The van der Waals surface area contributed by atoms with Crippen molar-refractivity contribution < 1.29 is 13.9 Å². The molecule has 0 aliphatic heterocycles. The highest BCUT2D eigenvalue weighted by Crippen LogP contribution is 2.12. The van der Waals surface area contributed by atoms with Crippen LogP contribution in [0, 0.1) is 5.82 Å². The highest BCUT2D eigenvalue weighted by Gasteiger charge is 2.11. The second-order valence-corrected chi connectivity index (χ2v) is 4.02. The Balaban J connectivity index is 2.43. The van der Waals surface area contributed by atoms with Gasteiger partial charge in [0.1, 0.15) is 5.82 Å². The van der Waals surface area contributed by atoms with Crippen LogP contribution in [0.15, 0.2) is 24.3 Å². The molecule has 102 valence electrons. The molecule has 4 heteroatoms. The van der Waals surface area contributed by atoms with Crippen LogP contribution in [-0.2, 0) is 9.47 Å². The summed E-state index contributed by atoms with van der Waals surface area (Å²) in [6.45, 7) is 7.77. The fourth-order valence-electron chi connectivity index (χ4n) is 1.68. The van der Waals surface area contributed by atoms with E-state index in [4.69, 9.17) is 9.47 Å². The topological polar surface area (TPSA) is 30.5 Å². The van der Waals surface area contributed by atoms with Gasteiger partial charge >= 0.3 is 0 Å². The van der Waals surface area contributed by atoms with Crippen molar-refractivity contribution in [3.63, 3.8) is 0 Å². The van der Waals surface area contributed by atoms with E-state index in [0.29, 0.717) is 19.8 Å². The number of rotatable bonds is 8. The van der Waals surface area contributed by atoms with Gasteiger partial charge in [0.15, 0.2) is 6.29 Å². The number of halogens is 1. The molecule has 0 saturated carbocycles. The molecule has 0 fully saturated rings. The fraction of sp³-hybridized carbons (Fsp3) is 0.571. The fourth-order valence-corrected chi connectivity index (χ4v) is 1.68. The predicted octanol–water partition coefficient (Wildman–Crippen LogP) is 2.88. The van der Waals surface area contributed by atoms with Crippen molar-refractivity contribution in [2.45, 2.75) is 33.1 Å². The Kier molecular flexibility index (Phi) is 6.86. The first kappa shape index (κ1) is 15.1. The SMILES string of the molecule is CCOC(CN[C@H](C)c1ccc(F)cc1)OCC. The lowest BCUT2D eigenvalue weighted by molar-refractivity contribution is -0.133. The number of hydrogen-bond donors (Lipinski definition) is 1. The molecule has 0 aromatic heterocycles. The molecular formula is C14H22FNO2. The zero-order valence-electron chi connectivity index (χ0n) is 11.3. The summed E-state index contributed by atoms with van der Waals surface area (Å²) in [4.78, 5) is 0. The van der Waals surface area contributed by atoms with Gasteiger partial charge in [-0.05, 0) is 38.5 Å². The Hall–Kier alpha value is -0.970. The van der Waals surface area contributed by atoms with E-state index >= 15 is 0 Å². The molecule has 1 N–H and O–H groups in total. The first-order valence-corrected chi connectivity index (χ1v) is 6.39. The number of benzene rings is 1. The Morgan fingerprint density at radius 2 is 1.67 bits per heavy atom. The molecule has 1 rings (SSSR count). The monoisotopic (exact) mass is 255 g/mol. The minimum Gasteiger partial charge on any atom is -0.352 e. The second kappa shape index (κ2) is 8.19. The maximum atomic E-state index is 12.8. The summed E-state index contributed by atoms with van der Waals surface area (Å²) < 4.78 is 23.7. The van der Waals surface area contributed by atoms with E-state index in [0.717, 1.165) is 5.56 Å². The highest BCUT2D eigenvalue weighted by atomic mass is 19.1. The molecule has 18 heavy (non-hydrogen) atoms. The molecular weight excluding hydrogens is 233 g/mol. The molecule has 0 aliphatic carbocycles. The van der Waals surface area contributed by atoms with E-state index in [1.54, 1.807) is 12.1 Å². The molecule has 0 unspecified atom stereocenters. The minimum absolute atomic E-state index is 0.133. The van der Waals surface area contributed by atoms with Crippen LogP contribution in [0.4, 0.5) is 4.39 Å². The summed E-state index contributed by atoms with van der Waals surface area (Å²) in [6, 6.07) is 6.63. The van der Waals surface area contributed by atoms with Gasteiger partial charge in [-0.1, -0.05) is 12.1 Å². The van der Waals surface area contributed by atoms with Gasteiger partial charge in [0.2, 0.25) is 0 Å². The van der Waals surface area contributed by atoms with Crippen molar-refractivity contribution in [3.8, 4) is 0 Å². The second-order valence-electron chi connectivity index (χ2n) is 4.02. The van der Waals surface area contributed by atoms with Crippen molar-refractivity contribution in [1.29, 1.82) is 0 Å². The molecule has 0 heterocycles. The van der Waals surface area contributed by atoms with Crippen LogP contribution in [0.5, 0.6) is 0 Å². The van der Waals surface area contributed by atoms with Crippen LogP contribution in [0.2, 0.25) is 0 Å². The van der Waals surface area contributed by atoms with Crippen LogP contribution < -0.4 is 5.32 Å². The summed E-state index contributed by atoms with van der Waals surface area (Å²) >= 11 is 0. The summed E-state index contributed by atoms with van der Waals surface area (Å²) in [5.74, 6) is -0.215. The van der Waals surface area contributed by atoms with Crippen LogP contribution in [0.3, 0.4) is 0 Å². The Morgan fingerprint density at radius 3 is 2.17 bits per heavy atom. The quantitative estimate of drug-likeness (QED) is 0.725. The molecule has 1 aromatic rings. The van der Waals surface area contributed by atoms with Gasteiger partial charge in [-0.15, -0.1) is 0 Å². The smallest absolute Gasteiger partial charge is 0.169 e. The van der Waals surface area contributed by atoms with Crippen LogP contribution in [0.25, 0.3) is 0 Å². The lowest BCUT2D eigenvalue weighted by Gasteiger charge is -2.21.